The highest BCUT2D eigenvalue weighted by Gasteiger charge is 2.34. The number of phenolic OH excluding ortho intramolecular Hbond substituents is 1. The zero-order valence-corrected chi connectivity index (χ0v) is 26.3. The van der Waals surface area contributed by atoms with Gasteiger partial charge in [0, 0.05) is 5.56 Å². The van der Waals surface area contributed by atoms with Crippen LogP contribution in [0.2, 0.25) is 0 Å². The molecule has 1 unspecified atom stereocenters. The van der Waals surface area contributed by atoms with Crippen LogP contribution in [0.15, 0.2) is 0 Å². The topological polar surface area (TPSA) is 124 Å². The lowest BCUT2D eigenvalue weighted by atomic mass is 9.84. The quantitative estimate of drug-likeness (QED) is 0.172. The minimum Gasteiger partial charge on any atom is -0.507 e. The van der Waals surface area contributed by atoms with E-state index in [1.54, 1.807) is 0 Å². The Morgan fingerprint density at radius 2 is 1.38 bits per heavy atom. The summed E-state index contributed by atoms with van der Waals surface area (Å²) in [4.78, 5) is 19.4. The van der Waals surface area contributed by atoms with E-state index in [0.29, 0.717) is 5.75 Å². The number of rotatable bonds is 15. The van der Waals surface area contributed by atoms with Crippen LogP contribution in [0.25, 0.3) is 0 Å². The number of aliphatic hydroxyl groups is 1. The van der Waals surface area contributed by atoms with Gasteiger partial charge < -0.3 is 25.2 Å². The molecule has 2 rings (SSSR count). The van der Waals surface area contributed by atoms with Gasteiger partial charge in [-0.15, -0.1) is 0 Å². The molecule has 0 aliphatic carbocycles. The van der Waals surface area contributed by atoms with Crippen LogP contribution in [0.3, 0.4) is 0 Å². The van der Waals surface area contributed by atoms with Crippen LogP contribution in [-0.2, 0) is 16.0 Å². The summed E-state index contributed by atoms with van der Waals surface area (Å²) < 4.78 is 6.60. The van der Waals surface area contributed by atoms with Gasteiger partial charge in [0.25, 0.3) is 0 Å². The van der Waals surface area contributed by atoms with Crippen LogP contribution in [0.1, 0.15) is 128 Å². The predicted octanol–water partition coefficient (Wildman–Crippen LogP) is 7.75. The summed E-state index contributed by atoms with van der Waals surface area (Å²) in [5, 5.41) is 34.5. The third kappa shape index (κ3) is 12.1. The Balaban J connectivity index is 0.000000763. The van der Waals surface area contributed by atoms with Crippen LogP contribution in [0.4, 0.5) is 0 Å². The average molecular weight is 565 g/mol. The molecule has 230 valence electrons. The molecule has 7 nitrogen and oxygen atoms in total. The van der Waals surface area contributed by atoms with Crippen molar-refractivity contribution in [2.75, 3.05) is 0 Å². The van der Waals surface area contributed by atoms with Crippen LogP contribution in [0.5, 0.6) is 11.5 Å². The lowest BCUT2D eigenvalue weighted by Crippen LogP contribution is -2.37. The number of carboxylic acid groups (broad SMARTS) is 2. The summed E-state index contributed by atoms with van der Waals surface area (Å²) in [5.74, 6) is 1.19. The van der Waals surface area contributed by atoms with E-state index in [1.807, 2.05) is 13.8 Å². The van der Waals surface area contributed by atoms with Crippen molar-refractivity contribution in [1.29, 1.82) is 0 Å². The van der Waals surface area contributed by atoms with E-state index in [1.165, 1.54) is 56.9 Å². The normalized spacial score (nSPS) is 18.6. The fraction of sp³-hybridized carbons (Fsp3) is 0.758. The number of benzene rings is 1. The standard InChI is InChI=1S/C29H50O2.C4H6O5/c1-20(2)12-9-13-21(3)14-10-15-22(4)16-11-18-29(8)19-17-26-25(7)27(30)23(5)24(6)28(26)31-29;5-2(4(8)9)1-3(6)7/h20-22,30H,9-19H2,1-8H3;2,5H,1H2,(H,6,7)(H,8,9)/t21-,22-,29-;/m1./s1. The van der Waals surface area contributed by atoms with E-state index in [-0.39, 0.29) is 5.60 Å². The SMILES string of the molecule is Cc1c(C)c2c(c(C)c1O)CC[C@@](C)(CCC[C@H](C)CCC[C@H](C)CCCC(C)C)O2.O=C(O)CC(O)C(=O)O. The number of ether oxygens (including phenoxy) is 1. The maximum absolute atomic E-state index is 10.4. The molecule has 7 heteroatoms. The minimum absolute atomic E-state index is 0.0712. The van der Waals surface area contributed by atoms with Crippen molar-refractivity contribution in [1.82, 2.24) is 0 Å². The van der Waals surface area contributed by atoms with Crippen molar-refractivity contribution in [2.24, 2.45) is 17.8 Å². The second kappa shape index (κ2) is 16.9. The highest BCUT2D eigenvalue weighted by molar-refractivity contribution is 5.79. The lowest BCUT2D eigenvalue weighted by Gasteiger charge is -2.38. The van der Waals surface area contributed by atoms with E-state index in [2.05, 4.69) is 41.5 Å². The van der Waals surface area contributed by atoms with E-state index in [4.69, 9.17) is 20.1 Å². The Morgan fingerprint density at radius 3 is 1.85 bits per heavy atom. The average Bonchev–Trinajstić information content (AvgIpc) is 2.85. The summed E-state index contributed by atoms with van der Waals surface area (Å²) in [6.45, 7) is 17.9. The van der Waals surface area contributed by atoms with Crippen LogP contribution < -0.4 is 4.74 Å². The molecule has 40 heavy (non-hydrogen) atoms. The molecular weight excluding hydrogens is 508 g/mol. The smallest absolute Gasteiger partial charge is 0.333 e. The highest BCUT2D eigenvalue weighted by Crippen LogP contribution is 2.44. The maximum atomic E-state index is 10.4. The highest BCUT2D eigenvalue weighted by atomic mass is 16.5. The first-order chi connectivity index (χ1) is 18.6. The number of phenols is 1. The number of carbonyl (C=O) groups is 2. The number of aliphatic carboxylic acids is 2. The maximum Gasteiger partial charge on any atom is 0.333 e. The third-order valence-electron chi connectivity index (χ3n) is 8.52. The zero-order valence-electron chi connectivity index (χ0n) is 26.3. The Hall–Kier alpha value is -2.28. The molecule has 0 bridgehead atoms. The zero-order chi connectivity index (χ0) is 30.6. The van der Waals surface area contributed by atoms with Gasteiger partial charge >= 0.3 is 11.9 Å². The van der Waals surface area contributed by atoms with Crippen molar-refractivity contribution in [3.05, 3.63) is 22.3 Å². The Kier molecular flexibility index (Phi) is 15.1. The fourth-order valence-corrected chi connectivity index (χ4v) is 5.53. The molecule has 1 aromatic carbocycles. The predicted molar refractivity (Wildman–Crippen MR) is 160 cm³/mol. The molecule has 1 aromatic rings. The van der Waals surface area contributed by atoms with Gasteiger partial charge in [0.1, 0.15) is 17.1 Å². The third-order valence-corrected chi connectivity index (χ3v) is 8.52. The second-order valence-electron chi connectivity index (χ2n) is 12.9. The molecule has 1 aliphatic rings. The fourth-order valence-electron chi connectivity index (χ4n) is 5.53. The first-order valence-electron chi connectivity index (χ1n) is 15.2. The van der Waals surface area contributed by atoms with Gasteiger partial charge in [0.2, 0.25) is 0 Å². The van der Waals surface area contributed by atoms with Crippen molar-refractivity contribution in [3.8, 4) is 11.5 Å². The summed E-state index contributed by atoms with van der Waals surface area (Å²) in [7, 11) is 0. The summed E-state index contributed by atoms with van der Waals surface area (Å²) in [6.07, 6.45) is 11.5. The first-order valence-corrected chi connectivity index (χ1v) is 15.2. The number of hydrogen-bond acceptors (Lipinski definition) is 5. The Bertz CT molecular complexity index is 955. The number of aliphatic hydroxyl groups excluding tert-OH is 1. The van der Waals surface area contributed by atoms with Crippen molar-refractivity contribution < 1.29 is 34.8 Å². The first kappa shape index (κ1) is 35.7. The molecule has 0 radical (unpaired) electrons. The number of carboxylic acids is 2. The van der Waals surface area contributed by atoms with E-state index in [0.717, 1.165) is 59.5 Å². The van der Waals surface area contributed by atoms with E-state index >= 15 is 0 Å². The van der Waals surface area contributed by atoms with Crippen LogP contribution in [-0.4, -0.2) is 44.1 Å². The largest absolute Gasteiger partial charge is 0.507 e. The van der Waals surface area contributed by atoms with Gasteiger partial charge in [-0.1, -0.05) is 72.6 Å². The van der Waals surface area contributed by atoms with E-state index < -0.39 is 24.5 Å². The molecule has 0 aromatic heterocycles. The van der Waals surface area contributed by atoms with E-state index in [9.17, 15) is 14.7 Å². The summed E-state index contributed by atoms with van der Waals surface area (Å²) >= 11 is 0. The van der Waals surface area contributed by atoms with Gasteiger partial charge in [-0.05, 0) is 87.8 Å². The molecule has 0 amide bonds. The van der Waals surface area contributed by atoms with Gasteiger partial charge in [-0.3, -0.25) is 4.79 Å². The molecule has 1 heterocycles. The van der Waals surface area contributed by atoms with Crippen LogP contribution >= 0.6 is 0 Å². The molecule has 0 spiro atoms. The van der Waals surface area contributed by atoms with Gasteiger partial charge in [-0.2, -0.15) is 0 Å². The molecule has 0 saturated carbocycles. The van der Waals surface area contributed by atoms with Crippen LogP contribution in [0, 0.1) is 38.5 Å². The Labute approximate surface area is 242 Å². The number of fused-ring (bicyclic) bond motifs is 1. The number of hydrogen-bond donors (Lipinski definition) is 4. The van der Waals surface area contributed by atoms with Gasteiger partial charge in [0.15, 0.2) is 6.10 Å². The lowest BCUT2D eigenvalue weighted by molar-refractivity contribution is -0.152. The van der Waals surface area contributed by atoms with Crippen molar-refractivity contribution in [2.45, 2.75) is 144 Å². The van der Waals surface area contributed by atoms with Crippen molar-refractivity contribution >= 4 is 11.9 Å². The molecule has 0 fully saturated rings. The van der Waals surface area contributed by atoms with Gasteiger partial charge in [0.05, 0.1) is 6.42 Å². The second-order valence-corrected chi connectivity index (χ2v) is 12.9. The number of aromatic hydroxyl groups is 1. The summed E-state index contributed by atoms with van der Waals surface area (Å²) in [6, 6.07) is 0. The molecular formula is C33H56O7. The van der Waals surface area contributed by atoms with Crippen molar-refractivity contribution in [3.63, 3.8) is 0 Å². The monoisotopic (exact) mass is 564 g/mol. The molecule has 0 saturated heterocycles. The van der Waals surface area contributed by atoms with Gasteiger partial charge in [-0.25, -0.2) is 4.79 Å². The molecule has 4 atom stereocenters. The summed E-state index contributed by atoms with van der Waals surface area (Å²) in [5.41, 5.74) is 4.23. The Morgan fingerprint density at radius 1 is 0.850 bits per heavy atom. The minimum atomic E-state index is -1.79. The molecule has 1 aliphatic heterocycles. The molecule has 4 N–H and O–H groups in total.